The number of hydrogen-bond acceptors (Lipinski definition) is 4. The van der Waals surface area contributed by atoms with E-state index in [9.17, 15) is 9.90 Å². The van der Waals surface area contributed by atoms with Gasteiger partial charge in [-0.25, -0.2) is 4.79 Å². The summed E-state index contributed by atoms with van der Waals surface area (Å²) in [5.74, 6) is 0. The molecule has 0 saturated carbocycles. The van der Waals surface area contributed by atoms with Gasteiger partial charge in [0.1, 0.15) is 5.60 Å². The first-order chi connectivity index (χ1) is 6.76. The molecule has 15 heavy (non-hydrogen) atoms. The number of rotatable bonds is 4. The highest BCUT2D eigenvalue weighted by Gasteiger charge is 2.18. The monoisotopic (exact) mass is 218 g/mol. The van der Waals surface area contributed by atoms with E-state index < -0.39 is 17.8 Å². The Kier molecular flexibility index (Phi) is 5.60. The molecular weight excluding hydrogens is 196 g/mol. The molecule has 2 unspecified atom stereocenters. The normalized spacial score (nSPS) is 15.6. The number of alkyl carbamates (subject to hydrolysis) is 1. The second-order valence-corrected chi connectivity index (χ2v) is 4.52. The van der Waals surface area contributed by atoms with Gasteiger partial charge in [0.15, 0.2) is 0 Å². The lowest BCUT2D eigenvalue weighted by atomic mass is 10.1. The molecule has 0 aliphatic carbocycles. The highest BCUT2D eigenvalue weighted by atomic mass is 16.6. The average molecular weight is 218 g/mol. The number of amides is 1. The highest BCUT2D eigenvalue weighted by Crippen LogP contribution is 2.06. The topological polar surface area (TPSA) is 84.6 Å². The van der Waals surface area contributed by atoms with Crippen LogP contribution >= 0.6 is 0 Å². The molecule has 0 aliphatic heterocycles. The van der Waals surface area contributed by atoms with Gasteiger partial charge in [-0.15, -0.1) is 0 Å². The Bertz CT molecular complexity index is 201. The lowest BCUT2D eigenvalue weighted by molar-refractivity contribution is 0.0480. The molecular formula is C10H22N2O3. The summed E-state index contributed by atoms with van der Waals surface area (Å²) in [6.07, 6.45) is -0.607. The van der Waals surface area contributed by atoms with Gasteiger partial charge in [-0.3, -0.25) is 0 Å². The molecule has 1 amide bonds. The predicted octanol–water partition coefficient (Wildman–Crippen LogP) is 0.609. The third-order valence-corrected chi connectivity index (χ3v) is 1.82. The van der Waals surface area contributed by atoms with E-state index in [1.807, 2.05) is 6.92 Å². The largest absolute Gasteiger partial charge is 0.444 e. The van der Waals surface area contributed by atoms with Crippen LogP contribution in [0, 0.1) is 0 Å². The molecule has 5 nitrogen and oxygen atoms in total. The van der Waals surface area contributed by atoms with Crippen molar-refractivity contribution in [2.75, 3.05) is 6.54 Å². The molecule has 4 N–H and O–H groups in total. The minimum absolute atomic E-state index is 0.115. The molecule has 0 aromatic carbocycles. The summed E-state index contributed by atoms with van der Waals surface area (Å²) >= 11 is 0. The molecule has 0 bridgehead atoms. The molecule has 0 rings (SSSR count). The molecule has 0 aliphatic rings. The van der Waals surface area contributed by atoms with Gasteiger partial charge >= 0.3 is 6.09 Å². The van der Waals surface area contributed by atoms with Crippen molar-refractivity contribution in [1.29, 1.82) is 0 Å². The van der Waals surface area contributed by atoms with E-state index in [-0.39, 0.29) is 12.6 Å². The Labute approximate surface area is 91.0 Å². The number of carbonyl (C=O) groups excluding carboxylic acids is 1. The van der Waals surface area contributed by atoms with Crippen LogP contribution in [0.1, 0.15) is 34.1 Å². The Hall–Kier alpha value is -0.810. The second-order valence-electron chi connectivity index (χ2n) is 4.52. The van der Waals surface area contributed by atoms with Crippen molar-refractivity contribution in [2.45, 2.75) is 51.9 Å². The highest BCUT2D eigenvalue weighted by molar-refractivity contribution is 5.67. The number of hydrogen-bond donors (Lipinski definition) is 3. The number of ether oxygens (including phenoxy) is 1. The molecule has 0 spiro atoms. The summed E-state index contributed by atoms with van der Waals surface area (Å²) < 4.78 is 5.00. The summed E-state index contributed by atoms with van der Waals surface area (Å²) in [6, 6.07) is -0.320. The smallest absolute Gasteiger partial charge is 0.407 e. The number of aliphatic hydroxyl groups excluding tert-OH is 1. The summed E-state index contributed by atoms with van der Waals surface area (Å²) in [5, 5.41) is 11.9. The molecule has 2 atom stereocenters. The summed E-state index contributed by atoms with van der Waals surface area (Å²) in [6.45, 7) is 7.33. The number of nitrogens with one attached hydrogen (secondary N) is 1. The maximum Gasteiger partial charge on any atom is 0.407 e. The molecule has 0 radical (unpaired) electrons. The first-order valence-corrected chi connectivity index (χ1v) is 5.16. The van der Waals surface area contributed by atoms with Crippen molar-refractivity contribution >= 4 is 6.09 Å². The van der Waals surface area contributed by atoms with Gasteiger partial charge in [0.05, 0.1) is 6.10 Å². The fraction of sp³-hybridized carbons (Fsp3) is 0.900. The van der Waals surface area contributed by atoms with E-state index in [0.717, 1.165) is 0 Å². The summed E-state index contributed by atoms with van der Waals surface area (Å²) in [5.41, 5.74) is 5.06. The number of nitrogens with two attached hydrogens (primary N) is 1. The van der Waals surface area contributed by atoms with Crippen molar-refractivity contribution in [3.63, 3.8) is 0 Å². The Morgan fingerprint density at radius 2 is 2.07 bits per heavy atom. The fourth-order valence-corrected chi connectivity index (χ4v) is 0.926. The van der Waals surface area contributed by atoms with Crippen LogP contribution in [0.4, 0.5) is 4.79 Å². The van der Waals surface area contributed by atoms with Gasteiger partial charge in [-0.2, -0.15) is 0 Å². The first-order valence-electron chi connectivity index (χ1n) is 5.16. The van der Waals surface area contributed by atoms with Gasteiger partial charge in [0, 0.05) is 12.6 Å². The van der Waals surface area contributed by atoms with E-state index in [1.54, 1.807) is 20.8 Å². The average Bonchev–Trinajstić information content (AvgIpc) is 2.10. The van der Waals surface area contributed by atoms with Crippen LogP contribution in [0.2, 0.25) is 0 Å². The van der Waals surface area contributed by atoms with Crippen LogP contribution in [0.25, 0.3) is 0 Å². The number of carbonyl (C=O) groups is 1. The molecule has 0 fully saturated rings. The van der Waals surface area contributed by atoms with E-state index >= 15 is 0 Å². The van der Waals surface area contributed by atoms with Gasteiger partial charge in [-0.05, 0) is 27.2 Å². The Balaban J connectivity index is 3.81. The van der Waals surface area contributed by atoms with Gasteiger partial charge in [0.2, 0.25) is 0 Å². The SMILES string of the molecule is CCC(N)C(O)CNC(=O)OC(C)(C)C. The van der Waals surface area contributed by atoms with Crippen LogP contribution in [-0.2, 0) is 4.74 Å². The molecule has 0 aromatic rings. The quantitative estimate of drug-likeness (QED) is 0.645. The molecule has 0 heterocycles. The lowest BCUT2D eigenvalue weighted by Gasteiger charge is -2.22. The van der Waals surface area contributed by atoms with Gasteiger partial charge in [0.25, 0.3) is 0 Å². The standard InChI is InChI=1S/C10H22N2O3/c1-5-7(11)8(13)6-12-9(14)15-10(2,3)4/h7-8,13H,5-6,11H2,1-4H3,(H,12,14). The second kappa shape index (κ2) is 5.92. The van der Waals surface area contributed by atoms with Gasteiger partial charge < -0.3 is 20.9 Å². The molecule has 0 saturated heterocycles. The maximum absolute atomic E-state index is 11.2. The lowest BCUT2D eigenvalue weighted by Crippen LogP contribution is -2.44. The van der Waals surface area contributed by atoms with E-state index in [4.69, 9.17) is 10.5 Å². The van der Waals surface area contributed by atoms with Crippen molar-refractivity contribution in [1.82, 2.24) is 5.32 Å². The molecule has 5 heteroatoms. The van der Waals surface area contributed by atoms with E-state index in [1.165, 1.54) is 0 Å². The van der Waals surface area contributed by atoms with E-state index in [2.05, 4.69) is 5.32 Å². The molecule has 0 aromatic heterocycles. The maximum atomic E-state index is 11.2. The van der Waals surface area contributed by atoms with Crippen molar-refractivity contribution < 1.29 is 14.6 Å². The van der Waals surface area contributed by atoms with Crippen LogP contribution in [0.15, 0.2) is 0 Å². The first kappa shape index (κ1) is 14.2. The zero-order valence-corrected chi connectivity index (χ0v) is 9.91. The van der Waals surface area contributed by atoms with Crippen molar-refractivity contribution in [2.24, 2.45) is 5.73 Å². The number of aliphatic hydroxyl groups is 1. The zero-order valence-electron chi connectivity index (χ0n) is 9.91. The predicted molar refractivity (Wildman–Crippen MR) is 58.5 cm³/mol. The van der Waals surface area contributed by atoms with E-state index in [0.29, 0.717) is 6.42 Å². The fourth-order valence-electron chi connectivity index (χ4n) is 0.926. The minimum Gasteiger partial charge on any atom is -0.444 e. The van der Waals surface area contributed by atoms with Gasteiger partial charge in [-0.1, -0.05) is 6.92 Å². The molecule has 90 valence electrons. The van der Waals surface area contributed by atoms with Crippen molar-refractivity contribution in [3.05, 3.63) is 0 Å². The third-order valence-electron chi connectivity index (χ3n) is 1.82. The Morgan fingerprint density at radius 1 is 1.53 bits per heavy atom. The third kappa shape index (κ3) is 7.16. The van der Waals surface area contributed by atoms with Crippen molar-refractivity contribution in [3.8, 4) is 0 Å². The van der Waals surface area contributed by atoms with Crippen LogP contribution in [-0.4, -0.2) is 35.5 Å². The zero-order chi connectivity index (χ0) is 12.1. The van der Waals surface area contributed by atoms with Crippen LogP contribution in [0.3, 0.4) is 0 Å². The van der Waals surface area contributed by atoms with Crippen LogP contribution < -0.4 is 11.1 Å². The summed E-state index contributed by atoms with van der Waals surface area (Å²) in [7, 11) is 0. The minimum atomic E-state index is -0.734. The van der Waals surface area contributed by atoms with Crippen LogP contribution in [0.5, 0.6) is 0 Å². The Morgan fingerprint density at radius 3 is 2.47 bits per heavy atom. The summed E-state index contributed by atoms with van der Waals surface area (Å²) in [4.78, 5) is 11.2.